The summed E-state index contributed by atoms with van der Waals surface area (Å²) in [4.78, 5) is 20.7. The number of halogens is 2. The lowest BCUT2D eigenvalue weighted by molar-refractivity contribution is -0.385. The third-order valence-electron chi connectivity index (χ3n) is 2.65. The van der Waals surface area contributed by atoms with E-state index in [0.717, 1.165) is 30.3 Å². The van der Waals surface area contributed by atoms with Crippen LogP contribution in [0.1, 0.15) is 15.9 Å². The fourth-order valence-electron chi connectivity index (χ4n) is 1.73. The Morgan fingerprint density at radius 3 is 2.57 bits per heavy atom. The van der Waals surface area contributed by atoms with E-state index in [9.17, 15) is 23.7 Å². The molecule has 21 heavy (non-hydrogen) atoms. The lowest BCUT2D eigenvalue weighted by Crippen LogP contribution is -2.00. The summed E-state index contributed by atoms with van der Waals surface area (Å²) in [7, 11) is 0. The maximum absolute atomic E-state index is 13.2. The average molecular weight is 293 g/mol. The number of benzene rings is 2. The van der Waals surface area contributed by atoms with Crippen molar-refractivity contribution < 1.29 is 23.2 Å². The van der Waals surface area contributed by atoms with Crippen LogP contribution in [-0.2, 0) is 6.61 Å². The largest absolute Gasteiger partial charge is 0.488 e. The summed E-state index contributed by atoms with van der Waals surface area (Å²) in [5.74, 6) is -1.25. The highest BCUT2D eigenvalue weighted by atomic mass is 19.1. The molecule has 2 rings (SSSR count). The monoisotopic (exact) mass is 293 g/mol. The van der Waals surface area contributed by atoms with Gasteiger partial charge < -0.3 is 4.74 Å². The quantitative estimate of drug-likeness (QED) is 0.482. The van der Waals surface area contributed by atoms with Crippen molar-refractivity contribution in [1.29, 1.82) is 0 Å². The molecule has 7 heteroatoms. The van der Waals surface area contributed by atoms with E-state index in [1.54, 1.807) is 0 Å². The summed E-state index contributed by atoms with van der Waals surface area (Å²) in [5.41, 5.74) is -0.174. The number of hydrogen-bond acceptors (Lipinski definition) is 4. The van der Waals surface area contributed by atoms with Crippen LogP contribution in [0.3, 0.4) is 0 Å². The fraction of sp³-hybridized carbons (Fsp3) is 0.0714. The number of aldehydes is 1. The van der Waals surface area contributed by atoms with Crippen LogP contribution in [0, 0.1) is 21.7 Å². The molecule has 0 amide bonds. The van der Waals surface area contributed by atoms with Gasteiger partial charge in [0.2, 0.25) is 0 Å². The summed E-state index contributed by atoms with van der Waals surface area (Å²) in [6.07, 6.45) is 0.423. The van der Waals surface area contributed by atoms with Crippen LogP contribution in [0.15, 0.2) is 36.4 Å². The van der Waals surface area contributed by atoms with Crippen LogP contribution in [0.5, 0.6) is 5.75 Å². The third kappa shape index (κ3) is 3.59. The summed E-state index contributed by atoms with van der Waals surface area (Å²) in [5, 5.41) is 10.6. The molecule has 5 nitrogen and oxygen atoms in total. The molecule has 2 aromatic rings. The van der Waals surface area contributed by atoms with Gasteiger partial charge in [-0.15, -0.1) is 0 Å². The lowest BCUT2D eigenvalue weighted by Gasteiger charge is -2.08. The van der Waals surface area contributed by atoms with E-state index in [0.29, 0.717) is 6.29 Å². The molecule has 0 bridgehead atoms. The molecule has 0 aliphatic carbocycles. The molecular formula is C14H9F2NO4. The smallest absolute Gasteiger partial charge is 0.272 e. The Morgan fingerprint density at radius 2 is 1.90 bits per heavy atom. The maximum Gasteiger partial charge on any atom is 0.272 e. The molecule has 0 radical (unpaired) electrons. The van der Waals surface area contributed by atoms with Crippen LogP contribution >= 0.6 is 0 Å². The molecule has 0 heterocycles. The van der Waals surface area contributed by atoms with Gasteiger partial charge >= 0.3 is 0 Å². The normalized spacial score (nSPS) is 10.2. The minimum atomic E-state index is -0.766. The number of nitro groups is 1. The first-order valence-corrected chi connectivity index (χ1v) is 5.81. The Bertz CT molecular complexity index is 703. The van der Waals surface area contributed by atoms with Crippen molar-refractivity contribution in [2.75, 3.05) is 0 Å². The van der Waals surface area contributed by atoms with Gasteiger partial charge in [0.25, 0.3) is 5.69 Å². The molecular weight excluding hydrogens is 284 g/mol. The van der Waals surface area contributed by atoms with E-state index >= 15 is 0 Å². The number of nitrogens with zero attached hydrogens (tertiary/aromatic N) is 1. The molecule has 2 aromatic carbocycles. The standard InChI is InChI=1S/C14H9F2NO4/c15-11-1-2-14(10(5-11)7-18)21-8-9-3-12(16)6-13(4-9)17(19)20/h1-7H,8H2. The topological polar surface area (TPSA) is 69.4 Å². The Hall–Kier alpha value is -2.83. The number of carbonyl (C=O) groups is 1. The minimum Gasteiger partial charge on any atom is -0.488 e. The van der Waals surface area contributed by atoms with Gasteiger partial charge in [-0.05, 0) is 29.8 Å². The zero-order chi connectivity index (χ0) is 15.4. The molecule has 0 saturated carbocycles. The van der Waals surface area contributed by atoms with Crippen molar-refractivity contribution in [1.82, 2.24) is 0 Å². The van der Waals surface area contributed by atoms with Gasteiger partial charge in [-0.3, -0.25) is 14.9 Å². The predicted octanol–water partition coefficient (Wildman–Crippen LogP) is 3.26. The lowest BCUT2D eigenvalue weighted by atomic mass is 10.2. The molecule has 0 saturated heterocycles. The third-order valence-corrected chi connectivity index (χ3v) is 2.65. The van der Waals surface area contributed by atoms with Crippen molar-refractivity contribution in [2.45, 2.75) is 6.61 Å². The Kier molecular flexibility index (Phi) is 4.22. The number of nitro benzene ring substituents is 1. The van der Waals surface area contributed by atoms with E-state index in [2.05, 4.69) is 0 Å². The SMILES string of the molecule is O=Cc1cc(F)ccc1OCc1cc(F)cc([N+](=O)[O-])c1. The van der Waals surface area contributed by atoms with E-state index in [1.807, 2.05) is 0 Å². The second kappa shape index (κ2) is 6.08. The molecule has 0 N–H and O–H groups in total. The summed E-state index contributed by atoms with van der Waals surface area (Å²) < 4.78 is 31.5. The van der Waals surface area contributed by atoms with Gasteiger partial charge in [0.1, 0.15) is 24.0 Å². The second-order valence-electron chi connectivity index (χ2n) is 4.16. The first kappa shape index (κ1) is 14.6. The van der Waals surface area contributed by atoms with E-state index in [4.69, 9.17) is 4.74 Å². The molecule has 108 valence electrons. The van der Waals surface area contributed by atoms with Gasteiger partial charge in [0.15, 0.2) is 6.29 Å². The highest BCUT2D eigenvalue weighted by molar-refractivity contribution is 5.79. The van der Waals surface area contributed by atoms with E-state index in [-0.39, 0.29) is 23.5 Å². The fourth-order valence-corrected chi connectivity index (χ4v) is 1.73. The average Bonchev–Trinajstić information content (AvgIpc) is 2.45. The van der Waals surface area contributed by atoms with Gasteiger partial charge in [0.05, 0.1) is 16.6 Å². The van der Waals surface area contributed by atoms with Gasteiger partial charge in [0, 0.05) is 6.07 Å². The Balaban J connectivity index is 2.20. The number of ether oxygens (including phenoxy) is 1. The predicted molar refractivity (Wildman–Crippen MR) is 69.2 cm³/mol. The zero-order valence-electron chi connectivity index (χ0n) is 10.6. The van der Waals surface area contributed by atoms with Crippen molar-refractivity contribution in [3.63, 3.8) is 0 Å². The van der Waals surface area contributed by atoms with Crippen LogP contribution in [0.25, 0.3) is 0 Å². The first-order chi connectivity index (χ1) is 9.99. The van der Waals surface area contributed by atoms with Crippen LogP contribution in [-0.4, -0.2) is 11.2 Å². The van der Waals surface area contributed by atoms with Crippen molar-refractivity contribution in [2.24, 2.45) is 0 Å². The van der Waals surface area contributed by atoms with Gasteiger partial charge in [-0.25, -0.2) is 8.78 Å². The molecule has 0 atom stereocenters. The zero-order valence-corrected chi connectivity index (χ0v) is 10.6. The highest BCUT2D eigenvalue weighted by Crippen LogP contribution is 2.21. The molecule has 0 fully saturated rings. The molecule has 0 aromatic heterocycles. The maximum atomic E-state index is 13.2. The number of non-ortho nitro benzene ring substituents is 1. The molecule has 0 aliphatic heterocycles. The van der Waals surface area contributed by atoms with Crippen LogP contribution in [0.2, 0.25) is 0 Å². The first-order valence-electron chi connectivity index (χ1n) is 5.81. The Labute approximate surface area is 117 Å². The summed E-state index contributed by atoms with van der Waals surface area (Å²) in [6.45, 7) is -0.189. The Morgan fingerprint density at radius 1 is 1.14 bits per heavy atom. The number of rotatable bonds is 5. The van der Waals surface area contributed by atoms with Gasteiger partial charge in [-0.2, -0.15) is 0 Å². The molecule has 0 spiro atoms. The van der Waals surface area contributed by atoms with Gasteiger partial charge in [-0.1, -0.05) is 0 Å². The summed E-state index contributed by atoms with van der Waals surface area (Å²) in [6, 6.07) is 6.39. The van der Waals surface area contributed by atoms with E-state index < -0.39 is 22.2 Å². The van der Waals surface area contributed by atoms with Crippen molar-refractivity contribution >= 4 is 12.0 Å². The number of hydrogen-bond donors (Lipinski definition) is 0. The van der Waals surface area contributed by atoms with Crippen molar-refractivity contribution in [3.8, 4) is 5.75 Å². The van der Waals surface area contributed by atoms with Crippen LogP contribution in [0.4, 0.5) is 14.5 Å². The highest BCUT2D eigenvalue weighted by Gasteiger charge is 2.11. The van der Waals surface area contributed by atoms with Crippen molar-refractivity contribution in [3.05, 3.63) is 69.3 Å². The molecule has 0 unspecified atom stereocenters. The van der Waals surface area contributed by atoms with E-state index in [1.165, 1.54) is 6.07 Å². The van der Waals surface area contributed by atoms with Crippen LogP contribution < -0.4 is 4.74 Å². The summed E-state index contributed by atoms with van der Waals surface area (Å²) >= 11 is 0. The second-order valence-corrected chi connectivity index (χ2v) is 4.16. The minimum absolute atomic E-state index is 0.000836. The number of carbonyl (C=O) groups excluding carboxylic acids is 1. The molecule has 0 aliphatic rings.